The number of fused-ring (bicyclic) bond motifs is 1. The molecule has 0 bridgehead atoms. The summed E-state index contributed by atoms with van der Waals surface area (Å²) in [5.74, 6) is -1.34. The van der Waals surface area contributed by atoms with Gasteiger partial charge in [0.25, 0.3) is 0 Å². The minimum absolute atomic E-state index is 0.108. The first-order valence-corrected chi connectivity index (χ1v) is 15.6. The number of aryl methyl sites for hydroxylation is 1. The Morgan fingerprint density at radius 3 is 2.33 bits per heavy atom. The van der Waals surface area contributed by atoms with Crippen LogP contribution in [0.4, 0.5) is 8.78 Å². The summed E-state index contributed by atoms with van der Waals surface area (Å²) < 4.78 is 31.4. The summed E-state index contributed by atoms with van der Waals surface area (Å²) in [5.41, 5.74) is 2.61. The minimum atomic E-state index is -1.48. The lowest BCUT2D eigenvalue weighted by Gasteiger charge is -2.30. The molecule has 0 radical (unpaired) electrons. The van der Waals surface area contributed by atoms with E-state index in [2.05, 4.69) is 36.0 Å². The average molecular weight is 695 g/mol. The number of halogens is 3. The first-order valence-electron chi connectivity index (χ1n) is 14.8. The molecule has 2 amide bonds. The van der Waals surface area contributed by atoms with Crippen molar-refractivity contribution in [3.8, 4) is 11.1 Å². The number of pyridine rings is 1. The average Bonchev–Trinajstić information content (AvgIpc) is 3.72. The fraction of sp³-hybridized carbons (Fsp3) is 0.375. The van der Waals surface area contributed by atoms with Gasteiger partial charge in [-0.05, 0) is 52.7 Å². The summed E-state index contributed by atoms with van der Waals surface area (Å²) in [6.07, 6.45) is -0.133. The largest absolute Gasteiger partial charge is 0.328 e. The number of benzene rings is 1. The predicted octanol–water partition coefficient (Wildman–Crippen LogP) is 3.85. The molecule has 0 N–H and O–H groups in total. The third-order valence-electron chi connectivity index (χ3n) is 8.37. The molecule has 11 nitrogen and oxygen atoms in total. The second kappa shape index (κ2) is 12.7. The van der Waals surface area contributed by atoms with Gasteiger partial charge in [-0.15, -0.1) is 0 Å². The van der Waals surface area contributed by atoms with Gasteiger partial charge in [0.15, 0.2) is 11.6 Å². The summed E-state index contributed by atoms with van der Waals surface area (Å²) in [4.78, 5) is 68.1. The number of amides is 2. The van der Waals surface area contributed by atoms with E-state index in [0.717, 1.165) is 20.9 Å². The Balaban J connectivity index is 1.23. The molecule has 0 saturated carbocycles. The van der Waals surface area contributed by atoms with Gasteiger partial charge in [-0.25, -0.2) is 23.7 Å². The Hall–Kier alpha value is -4.46. The van der Waals surface area contributed by atoms with Crippen LogP contribution in [0.3, 0.4) is 0 Å². The molecule has 5 heterocycles. The maximum absolute atomic E-state index is 14.8. The molecule has 1 aromatic carbocycles. The van der Waals surface area contributed by atoms with E-state index in [1.807, 2.05) is 0 Å². The Bertz CT molecular complexity index is 1850. The van der Waals surface area contributed by atoms with Gasteiger partial charge in [0.2, 0.25) is 11.8 Å². The molecular weight excluding hydrogens is 664 g/mol. The van der Waals surface area contributed by atoms with Crippen LogP contribution in [0.15, 0.2) is 53.4 Å². The molecule has 2 aliphatic rings. The van der Waals surface area contributed by atoms with Crippen molar-refractivity contribution in [1.29, 1.82) is 0 Å². The van der Waals surface area contributed by atoms with E-state index in [9.17, 15) is 28.0 Å². The van der Waals surface area contributed by atoms with Crippen LogP contribution in [-0.4, -0.2) is 95.4 Å². The van der Waals surface area contributed by atoms with Crippen LogP contribution in [0.5, 0.6) is 0 Å². The molecule has 2 saturated heterocycles. The van der Waals surface area contributed by atoms with Gasteiger partial charge in [0, 0.05) is 48.8 Å². The molecule has 14 heteroatoms. The lowest BCUT2D eigenvalue weighted by atomic mass is 10.0. The van der Waals surface area contributed by atoms with Crippen molar-refractivity contribution >= 4 is 50.2 Å². The number of rotatable bonds is 8. The number of hydrogen-bond acceptors (Lipinski definition) is 8. The monoisotopic (exact) mass is 693 g/mol. The standard InChI is InChI=1S/C32H30BrF2N7O4/c1-17(43)31-24-8-19(20-12-36-18(2)37-13-20)6-7-25(24)42(39-31)16-30(45)40-14-22(35)10-27(40)32(46)41-15-21(34)9-26(41)28(44)11-23-4-3-5-29(33)38-23/h3-8,12-13,21-22,26-27H,9-11,14-16H2,1-2H3/t21-,22-,26+,27+/m1/s1. The van der Waals surface area contributed by atoms with Gasteiger partial charge in [-0.3, -0.25) is 23.9 Å². The van der Waals surface area contributed by atoms with Crippen LogP contribution in [0.1, 0.15) is 41.8 Å². The zero-order valence-corrected chi connectivity index (χ0v) is 26.7. The van der Waals surface area contributed by atoms with Crippen molar-refractivity contribution in [2.75, 3.05) is 13.1 Å². The summed E-state index contributed by atoms with van der Waals surface area (Å²) in [5, 5.41) is 4.92. The zero-order chi connectivity index (χ0) is 32.7. The fourth-order valence-corrected chi connectivity index (χ4v) is 6.54. The second-order valence-corrected chi connectivity index (χ2v) is 12.5. The van der Waals surface area contributed by atoms with E-state index >= 15 is 0 Å². The topological polar surface area (TPSA) is 131 Å². The first-order chi connectivity index (χ1) is 22.0. The van der Waals surface area contributed by atoms with Gasteiger partial charge in [0.05, 0.1) is 31.1 Å². The summed E-state index contributed by atoms with van der Waals surface area (Å²) in [7, 11) is 0. The molecule has 0 spiro atoms. The van der Waals surface area contributed by atoms with Crippen molar-refractivity contribution in [2.45, 2.75) is 64.1 Å². The van der Waals surface area contributed by atoms with Crippen LogP contribution in [0.25, 0.3) is 22.0 Å². The predicted molar refractivity (Wildman–Crippen MR) is 166 cm³/mol. The van der Waals surface area contributed by atoms with E-state index in [1.165, 1.54) is 11.6 Å². The highest BCUT2D eigenvalue weighted by Gasteiger charge is 2.47. The van der Waals surface area contributed by atoms with Gasteiger partial charge >= 0.3 is 0 Å². The fourth-order valence-electron chi connectivity index (χ4n) is 6.16. The number of carbonyl (C=O) groups excluding carboxylic acids is 4. The number of carbonyl (C=O) groups is 4. The second-order valence-electron chi connectivity index (χ2n) is 11.6. The van der Waals surface area contributed by atoms with Gasteiger partial charge in [-0.2, -0.15) is 5.10 Å². The summed E-state index contributed by atoms with van der Waals surface area (Å²) in [6, 6.07) is 8.12. The molecular formula is C32H30BrF2N7O4. The molecule has 2 aliphatic heterocycles. The third kappa shape index (κ3) is 6.30. The molecule has 4 atom stereocenters. The lowest BCUT2D eigenvalue weighted by molar-refractivity contribution is -0.146. The molecule has 46 heavy (non-hydrogen) atoms. The smallest absolute Gasteiger partial charge is 0.246 e. The molecule has 0 unspecified atom stereocenters. The number of likely N-dealkylation sites (tertiary alicyclic amines) is 2. The van der Waals surface area contributed by atoms with E-state index in [-0.39, 0.29) is 56.2 Å². The molecule has 4 aromatic rings. The molecule has 2 fully saturated rings. The quantitative estimate of drug-likeness (QED) is 0.201. The van der Waals surface area contributed by atoms with Gasteiger partial charge in [0.1, 0.15) is 41.1 Å². The lowest BCUT2D eigenvalue weighted by Crippen LogP contribution is -2.51. The Morgan fingerprint density at radius 1 is 0.935 bits per heavy atom. The van der Waals surface area contributed by atoms with Crippen molar-refractivity contribution < 1.29 is 28.0 Å². The number of alkyl halides is 2. The van der Waals surface area contributed by atoms with E-state index < -0.39 is 36.2 Å². The Kier molecular flexibility index (Phi) is 8.73. The SMILES string of the molecule is CC(=O)c1nn(CC(=O)N2C[C@H](F)C[C@H]2C(=O)N2C[C@H](F)C[C@H]2C(=O)Cc2cccc(Br)n2)c2ccc(-c3cnc(C)nc3)cc12. The molecule has 0 aliphatic carbocycles. The minimum Gasteiger partial charge on any atom is -0.328 e. The highest BCUT2D eigenvalue weighted by molar-refractivity contribution is 9.10. The summed E-state index contributed by atoms with van der Waals surface area (Å²) >= 11 is 3.26. The zero-order valence-electron chi connectivity index (χ0n) is 25.1. The highest BCUT2D eigenvalue weighted by Crippen LogP contribution is 2.30. The number of ketones is 2. The van der Waals surface area contributed by atoms with Crippen LogP contribution in [0.2, 0.25) is 0 Å². The van der Waals surface area contributed by atoms with Crippen LogP contribution >= 0.6 is 15.9 Å². The van der Waals surface area contributed by atoms with E-state index in [0.29, 0.717) is 27.0 Å². The van der Waals surface area contributed by atoms with E-state index in [1.54, 1.807) is 55.7 Å². The van der Waals surface area contributed by atoms with E-state index in [4.69, 9.17) is 0 Å². The van der Waals surface area contributed by atoms with Crippen molar-refractivity contribution in [2.24, 2.45) is 0 Å². The van der Waals surface area contributed by atoms with Crippen molar-refractivity contribution in [3.05, 3.63) is 70.6 Å². The highest BCUT2D eigenvalue weighted by atomic mass is 79.9. The number of nitrogens with zero attached hydrogens (tertiary/aromatic N) is 7. The van der Waals surface area contributed by atoms with Crippen LogP contribution < -0.4 is 0 Å². The Morgan fingerprint density at radius 2 is 1.63 bits per heavy atom. The normalized spacial score (nSPS) is 21.2. The maximum Gasteiger partial charge on any atom is 0.246 e. The number of aromatic nitrogens is 5. The molecule has 3 aromatic heterocycles. The van der Waals surface area contributed by atoms with Gasteiger partial charge < -0.3 is 9.80 Å². The summed E-state index contributed by atoms with van der Waals surface area (Å²) in [6.45, 7) is 2.12. The number of Topliss-reactive ketones (excluding diaryl/α,β-unsaturated/α-hetero) is 2. The van der Waals surface area contributed by atoms with Crippen LogP contribution in [-0.2, 0) is 27.3 Å². The molecule has 6 rings (SSSR count). The van der Waals surface area contributed by atoms with Crippen LogP contribution in [0, 0.1) is 6.92 Å². The number of hydrogen-bond donors (Lipinski definition) is 0. The van der Waals surface area contributed by atoms with Crippen molar-refractivity contribution in [1.82, 2.24) is 34.5 Å². The van der Waals surface area contributed by atoms with Gasteiger partial charge in [-0.1, -0.05) is 12.1 Å². The molecule has 238 valence electrons. The van der Waals surface area contributed by atoms with Crippen molar-refractivity contribution in [3.63, 3.8) is 0 Å². The Labute approximate surface area is 271 Å². The third-order valence-corrected chi connectivity index (χ3v) is 8.81. The first kappa shape index (κ1) is 31.5. The maximum atomic E-state index is 14.8.